The molecule has 5 atom stereocenters. The van der Waals surface area contributed by atoms with E-state index in [0.717, 1.165) is 41.1 Å². The van der Waals surface area contributed by atoms with Crippen molar-refractivity contribution in [2.45, 2.75) is 137 Å². The van der Waals surface area contributed by atoms with Crippen LogP contribution < -0.4 is 0 Å². The second-order valence-corrected chi connectivity index (χ2v) is 21.3. The second-order valence-electron chi connectivity index (χ2n) is 15.5. The van der Waals surface area contributed by atoms with Crippen LogP contribution in [0, 0.1) is 24.2 Å². The maximum Gasteiger partial charge on any atom is 0.309 e. The molecule has 1 aromatic heterocycles. The van der Waals surface area contributed by atoms with E-state index in [1.54, 1.807) is 11.3 Å². The summed E-state index contributed by atoms with van der Waals surface area (Å²) in [6, 6.07) is 10.1. The molecule has 0 fully saturated rings. The highest BCUT2D eigenvalue weighted by atomic mass is 32.1. The van der Waals surface area contributed by atoms with Gasteiger partial charge in [-0.25, -0.2) is 4.98 Å². The Bertz CT molecular complexity index is 1370. The van der Waals surface area contributed by atoms with Crippen molar-refractivity contribution in [2.75, 3.05) is 0 Å². The summed E-state index contributed by atoms with van der Waals surface area (Å²) >= 11 is 1.60. The van der Waals surface area contributed by atoms with E-state index in [0.29, 0.717) is 13.0 Å². The molecule has 0 bridgehead atoms. The Kier molecular flexibility index (Phi) is 14.0. The fourth-order valence-corrected chi connectivity index (χ4v) is 7.97. The lowest BCUT2D eigenvalue weighted by molar-refractivity contribution is -0.154. The number of ether oxygens (including phenoxy) is 2. The molecule has 3 rings (SSSR count). The Labute approximate surface area is 289 Å². The van der Waals surface area contributed by atoms with Crippen molar-refractivity contribution in [3.63, 3.8) is 0 Å². The number of carbonyl (C=O) groups excluding carboxylic acids is 2. The first kappa shape index (κ1) is 39.0. The molecule has 2 aromatic rings. The zero-order valence-corrected chi connectivity index (χ0v) is 32.5. The summed E-state index contributed by atoms with van der Waals surface area (Å²) in [6.45, 7) is 23.4. The van der Waals surface area contributed by atoms with E-state index >= 15 is 0 Å². The maximum absolute atomic E-state index is 14.6. The SMILES string of the molecule is C/C(=C\c1csc(C)n1)[C@@H]1C/C=C\CCC[C@H](C)[C@H](OCc2ccccc2)[C@@H](C)C(=O)C(C)(C)[C@@H](O[Si](C)(C)C(C)(C)C)CC(=O)O1. The van der Waals surface area contributed by atoms with Gasteiger partial charge in [0.05, 0.1) is 35.9 Å². The summed E-state index contributed by atoms with van der Waals surface area (Å²) in [5.74, 6) is -0.537. The molecule has 1 aliphatic rings. The van der Waals surface area contributed by atoms with Crippen molar-refractivity contribution >= 4 is 37.5 Å². The Morgan fingerprint density at radius 2 is 1.81 bits per heavy atom. The summed E-state index contributed by atoms with van der Waals surface area (Å²) in [7, 11) is -2.38. The van der Waals surface area contributed by atoms with Gasteiger partial charge in [-0.05, 0) is 74.4 Å². The van der Waals surface area contributed by atoms with Crippen LogP contribution in [0.2, 0.25) is 18.1 Å². The van der Waals surface area contributed by atoms with E-state index in [-0.39, 0.29) is 35.2 Å². The molecule has 47 heavy (non-hydrogen) atoms. The maximum atomic E-state index is 14.6. The molecule has 0 saturated heterocycles. The van der Waals surface area contributed by atoms with Gasteiger partial charge in [0.1, 0.15) is 11.9 Å². The predicted octanol–water partition coefficient (Wildman–Crippen LogP) is 10.1. The molecule has 0 unspecified atom stereocenters. The van der Waals surface area contributed by atoms with Crippen LogP contribution in [0.3, 0.4) is 0 Å². The molecule has 0 amide bonds. The minimum absolute atomic E-state index is 0.00757. The third-order valence-electron chi connectivity index (χ3n) is 10.1. The van der Waals surface area contributed by atoms with E-state index < -0.39 is 31.9 Å². The number of benzene rings is 1. The largest absolute Gasteiger partial charge is 0.457 e. The Hall–Kier alpha value is -2.39. The minimum Gasteiger partial charge on any atom is -0.457 e. The molecule has 0 spiro atoms. The zero-order chi connectivity index (χ0) is 35.0. The number of allylic oxidation sites excluding steroid dienone is 1. The first-order valence-corrected chi connectivity index (χ1v) is 21.0. The third kappa shape index (κ3) is 11.1. The first-order valence-electron chi connectivity index (χ1n) is 17.2. The highest BCUT2D eigenvalue weighted by Crippen LogP contribution is 2.42. The van der Waals surface area contributed by atoms with Gasteiger partial charge in [0.2, 0.25) is 0 Å². The molecule has 0 N–H and O–H groups in total. The number of Topliss-reactive ketones (excluding diaryl/α,β-unsaturated/α-hetero) is 1. The summed E-state index contributed by atoms with van der Waals surface area (Å²) in [4.78, 5) is 33.1. The lowest BCUT2D eigenvalue weighted by atomic mass is 9.73. The number of esters is 1. The van der Waals surface area contributed by atoms with Gasteiger partial charge < -0.3 is 13.9 Å². The predicted molar refractivity (Wildman–Crippen MR) is 197 cm³/mol. The van der Waals surface area contributed by atoms with Crippen molar-refractivity contribution < 1.29 is 23.5 Å². The highest BCUT2D eigenvalue weighted by Gasteiger charge is 2.48. The van der Waals surface area contributed by atoms with Gasteiger partial charge in [0.15, 0.2) is 8.32 Å². The van der Waals surface area contributed by atoms with E-state index in [1.807, 2.05) is 64.3 Å². The van der Waals surface area contributed by atoms with Crippen LogP contribution in [0.4, 0.5) is 0 Å². The van der Waals surface area contributed by atoms with Gasteiger partial charge in [-0.1, -0.05) is 91.0 Å². The average molecular weight is 682 g/mol. The van der Waals surface area contributed by atoms with Gasteiger partial charge >= 0.3 is 5.97 Å². The van der Waals surface area contributed by atoms with Gasteiger partial charge in [-0.3, -0.25) is 9.59 Å². The lowest BCUT2D eigenvalue weighted by Crippen LogP contribution is -2.53. The number of ketones is 1. The molecule has 1 aromatic carbocycles. The third-order valence-corrected chi connectivity index (χ3v) is 15.4. The van der Waals surface area contributed by atoms with E-state index in [2.05, 4.69) is 70.1 Å². The number of thiazole rings is 1. The topological polar surface area (TPSA) is 74.7 Å². The van der Waals surface area contributed by atoms with E-state index in [4.69, 9.17) is 13.9 Å². The molecule has 0 radical (unpaired) electrons. The summed E-state index contributed by atoms with van der Waals surface area (Å²) in [5, 5.41) is 2.90. The fraction of sp³-hybridized carbons (Fsp3) is 0.615. The monoisotopic (exact) mass is 681 g/mol. The second kappa shape index (κ2) is 16.8. The van der Waals surface area contributed by atoms with Crippen molar-refractivity contribution in [1.29, 1.82) is 0 Å². The molecule has 1 aliphatic heterocycles. The number of carbonyl (C=O) groups is 2. The Morgan fingerprint density at radius 1 is 1.13 bits per heavy atom. The normalized spacial score (nSPS) is 26.5. The summed E-state index contributed by atoms with van der Waals surface area (Å²) in [5.41, 5.74) is 1.93. The number of hydrogen-bond donors (Lipinski definition) is 0. The minimum atomic E-state index is -2.38. The molecule has 6 nitrogen and oxygen atoms in total. The molecule has 260 valence electrons. The zero-order valence-electron chi connectivity index (χ0n) is 30.7. The van der Waals surface area contributed by atoms with Gasteiger partial charge in [-0.2, -0.15) is 0 Å². The Balaban J connectivity index is 2.00. The lowest BCUT2D eigenvalue weighted by Gasteiger charge is -2.45. The number of aromatic nitrogens is 1. The highest BCUT2D eigenvalue weighted by molar-refractivity contribution is 7.09. The van der Waals surface area contributed by atoms with Crippen LogP contribution >= 0.6 is 11.3 Å². The molecule has 2 heterocycles. The summed E-state index contributed by atoms with van der Waals surface area (Å²) in [6.07, 6.45) is 8.33. The molecule has 8 heteroatoms. The van der Waals surface area contributed by atoms with Crippen molar-refractivity contribution in [1.82, 2.24) is 4.98 Å². The van der Waals surface area contributed by atoms with Gasteiger partial charge in [-0.15, -0.1) is 11.3 Å². The molecule has 0 aliphatic carbocycles. The van der Waals surface area contributed by atoms with Gasteiger partial charge in [0.25, 0.3) is 0 Å². The van der Waals surface area contributed by atoms with Crippen LogP contribution in [0.1, 0.15) is 104 Å². The van der Waals surface area contributed by atoms with Crippen LogP contribution in [-0.4, -0.2) is 43.4 Å². The number of cyclic esters (lactones) is 1. The number of aryl methyl sites for hydroxylation is 1. The standard InChI is InChI=1S/C39H59NO5SSi/c1-27-19-15-12-13-18-22-33(28(2)23-32-26-46-30(4)40-32)44-35(41)24-34(45-47(10,11)38(5,6)7)39(8,9)37(42)29(3)36(27)43-25-31-20-16-14-17-21-31/h13-14,16-18,20-21,23,26-27,29,33-34,36H,12,15,19,22,24-25H2,1-11H3/b18-13-,28-23+/t27-,29+,33-,34-,36-/m0/s1. The smallest absolute Gasteiger partial charge is 0.309 e. The van der Waals surface area contributed by atoms with Crippen molar-refractivity contribution in [2.24, 2.45) is 17.3 Å². The van der Waals surface area contributed by atoms with Crippen molar-refractivity contribution in [3.8, 4) is 0 Å². The fourth-order valence-electron chi connectivity index (χ4n) is 5.96. The number of rotatable bonds is 7. The number of hydrogen-bond acceptors (Lipinski definition) is 7. The van der Waals surface area contributed by atoms with Gasteiger partial charge in [0, 0.05) is 23.1 Å². The van der Waals surface area contributed by atoms with Crippen molar-refractivity contribution in [3.05, 3.63) is 69.7 Å². The average Bonchev–Trinajstić information content (AvgIpc) is 3.40. The van der Waals surface area contributed by atoms with Crippen LogP contribution in [0.15, 0.2) is 53.4 Å². The van der Waals surface area contributed by atoms with Crippen LogP contribution in [-0.2, 0) is 30.1 Å². The van der Waals surface area contributed by atoms with Crippen LogP contribution in [0.5, 0.6) is 0 Å². The first-order chi connectivity index (χ1) is 21.9. The quantitative estimate of drug-likeness (QED) is 0.165. The van der Waals surface area contributed by atoms with Crippen LogP contribution in [0.25, 0.3) is 6.08 Å². The molecular weight excluding hydrogens is 623 g/mol. The summed E-state index contributed by atoms with van der Waals surface area (Å²) < 4.78 is 19.8. The molecule has 0 saturated carbocycles. The Morgan fingerprint density at radius 3 is 2.43 bits per heavy atom. The number of nitrogens with zero attached hydrogens (tertiary/aromatic N) is 1. The molecular formula is C39H59NO5SSi. The van der Waals surface area contributed by atoms with E-state index in [1.165, 1.54) is 0 Å². The van der Waals surface area contributed by atoms with E-state index in [9.17, 15) is 9.59 Å².